The van der Waals surface area contributed by atoms with Crippen molar-refractivity contribution in [2.75, 3.05) is 0 Å². The third kappa shape index (κ3) is 4.11. The minimum absolute atomic E-state index is 0.110. The van der Waals surface area contributed by atoms with Gasteiger partial charge in [-0.05, 0) is 23.5 Å². The van der Waals surface area contributed by atoms with E-state index in [4.69, 9.17) is 5.73 Å². The number of Topliss-reactive ketones (excluding diaryl/α,β-unsaturated/α-hetero) is 1. The fraction of sp³-hybridized carbons (Fsp3) is 0.538. The van der Waals surface area contributed by atoms with Crippen molar-refractivity contribution in [2.24, 2.45) is 11.1 Å². The summed E-state index contributed by atoms with van der Waals surface area (Å²) in [5, 5.41) is 0. The molecule has 1 heterocycles. The number of pyridine rings is 1. The fourth-order valence-corrected chi connectivity index (χ4v) is 1.33. The van der Waals surface area contributed by atoms with E-state index in [1.54, 1.807) is 12.3 Å². The Morgan fingerprint density at radius 3 is 2.50 bits per heavy atom. The van der Waals surface area contributed by atoms with Crippen molar-refractivity contribution in [3.05, 3.63) is 29.6 Å². The van der Waals surface area contributed by atoms with E-state index in [0.29, 0.717) is 18.7 Å². The number of ketones is 1. The van der Waals surface area contributed by atoms with Gasteiger partial charge in [0, 0.05) is 19.2 Å². The first-order valence-electron chi connectivity index (χ1n) is 5.60. The molecule has 2 N–H and O–H groups in total. The van der Waals surface area contributed by atoms with Crippen LogP contribution in [0.4, 0.5) is 0 Å². The molecule has 0 aliphatic rings. The lowest BCUT2D eigenvalue weighted by atomic mass is 9.89. The van der Waals surface area contributed by atoms with Crippen molar-refractivity contribution < 1.29 is 4.79 Å². The van der Waals surface area contributed by atoms with Gasteiger partial charge in [0.05, 0.1) is 0 Å². The van der Waals surface area contributed by atoms with Gasteiger partial charge in [0.15, 0.2) is 5.78 Å². The normalized spacial score (nSPS) is 11.5. The van der Waals surface area contributed by atoms with Crippen LogP contribution in [0.2, 0.25) is 0 Å². The van der Waals surface area contributed by atoms with Crippen LogP contribution in [0.1, 0.15) is 49.7 Å². The Kier molecular flexibility index (Phi) is 4.19. The Balaban J connectivity index is 2.59. The van der Waals surface area contributed by atoms with Crippen LogP contribution in [0.3, 0.4) is 0 Å². The van der Waals surface area contributed by atoms with E-state index < -0.39 is 0 Å². The van der Waals surface area contributed by atoms with Crippen LogP contribution in [0.25, 0.3) is 0 Å². The Morgan fingerprint density at radius 1 is 1.38 bits per heavy atom. The lowest BCUT2D eigenvalue weighted by Crippen LogP contribution is -2.10. The van der Waals surface area contributed by atoms with Crippen LogP contribution in [0.5, 0.6) is 0 Å². The number of hydrogen-bond donors (Lipinski definition) is 1. The average molecular weight is 220 g/mol. The van der Waals surface area contributed by atoms with Gasteiger partial charge < -0.3 is 5.73 Å². The van der Waals surface area contributed by atoms with Crippen LogP contribution >= 0.6 is 0 Å². The molecule has 1 aromatic heterocycles. The first-order chi connectivity index (χ1) is 7.42. The van der Waals surface area contributed by atoms with Gasteiger partial charge >= 0.3 is 0 Å². The molecule has 1 rings (SSSR count). The smallest absolute Gasteiger partial charge is 0.181 e. The number of carbonyl (C=O) groups excluding carboxylic acids is 1. The van der Waals surface area contributed by atoms with Crippen LogP contribution in [0, 0.1) is 5.41 Å². The zero-order valence-corrected chi connectivity index (χ0v) is 10.3. The minimum atomic E-state index is 0.110. The molecule has 0 atom stereocenters. The van der Waals surface area contributed by atoms with Gasteiger partial charge in [-0.3, -0.25) is 9.78 Å². The first-order valence-corrected chi connectivity index (χ1v) is 5.60. The van der Waals surface area contributed by atoms with Gasteiger partial charge in [0.1, 0.15) is 5.69 Å². The summed E-state index contributed by atoms with van der Waals surface area (Å²) in [5.74, 6) is 0.110. The standard InChI is InChI=1S/C13H20N2O/c1-13(2,3)7-6-12(16)11-5-4-10(8-14)9-15-11/h4-5,9H,6-8,14H2,1-3H3. The van der Waals surface area contributed by atoms with Crippen LogP contribution in [-0.2, 0) is 6.54 Å². The fourth-order valence-electron chi connectivity index (χ4n) is 1.33. The predicted molar refractivity (Wildman–Crippen MR) is 65.1 cm³/mol. The van der Waals surface area contributed by atoms with Gasteiger partial charge in [-0.25, -0.2) is 0 Å². The SMILES string of the molecule is CC(C)(C)CCC(=O)c1ccc(CN)cn1. The Hall–Kier alpha value is -1.22. The zero-order chi connectivity index (χ0) is 12.2. The van der Waals surface area contributed by atoms with E-state index in [9.17, 15) is 4.79 Å². The molecule has 0 unspecified atom stereocenters. The number of nitrogens with zero attached hydrogens (tertiary/aromatic N) is 1. The summed E-state index contributed by atoms with van der Waals surface area (Å²) in [7, 11) is 0. The molecule has 0 spiro atoms. The average Bonchev–Trinajstić information content (AvgIpc) is 2.25. The van der Waals surface area contributed by atoms with Gasteiger partial charge in [-0.1, -0.05) is 26.8 Å². The van der Waals surface area contributed by atoms with E-state index in [1.165, 1.54) is 0 Å². The summed E-state index contributed by atoms with van der Waals surface area (Å²) >= 11 is 0. The molecule has 0 saturated heterocycles. The molecule has 0 fully saturated rings. The van der Waals surface area contributed by atoms with Crippen LogP contribution in [-0.4, -0.2) is 10.8 Å². The highest BCUT2D eigenvalue weighted by molar-refractivity contribution is 5.94. The maximum absolute atomic E-state index is 11.8. The van der Waals surface area contributed by atoms with Crippen LogP contribution in [0.15, 0.2) is 18.3 Å². The molecule has 3 heteroatoms. The third-order valence-corrected chi connectivity index (χ3v) is 2.45. The molecule has 1 aromatic rings. The summed E-state index contributed by atoms with van der Waals surface area (Å²) in [5.41, 5.74) is 7.15. The lowest BCUT2D eigenvalue weighted by molar-refractivity contribution is 0.0961. The molecule has 0 aliphatic heterocycles. The van der Waals surface area contributed by atoms with Crippen molar-refractivity contribution in [1.29, 1.82) is 0 Å². The largest absolute Gasteiger partial charge is 0.326 e. The van der Waals surface area contributed by atoms with Gasteiger partial charge in [-0.15, -0.1) is 0 Å². The molecule has 0 bridgehead atoms. The number of hydrogen-bond acceptors (Lipinski definition) is 3. The molecule has 0 saturated carbocycles. The van der Waals surface area contributed by atoms with Crippen molar-refractivity contribution in [3.63, 3.8) is 0 Å². The Morgan fingerprint density at radius 2 is 2.06 bits per heavy atom. The first kappa shape index (κ1) is 12.8. The second-order valence-corrected chi connectivity index (χ2v) is 5.24. The topological polar surface area (TPSA) is 56.0 Å². The summed E-state index contributed by atoms with van der Waals surface area (Å²) < 4.78 is 0. The zero-order valence-electron chi connectivity index (χ0n) is 10.3. The van der Waals surface area contributed by atoms with Crippen LogP contribution < -0.4 is 5.73 Å². The van der Waals surface area contributed by atoms with Gasteiger partial charge in [0.25, 0.3) is 0 Å². The highest BCUT2D eigenvalue weighted by atomic mass is 16.1. The molecule has 0 aromatic carbocycles. The molecular weight excluding hydrogens is 200 g/mol. The monoisotopic (exact) mass is 220 g/mol. The molecule has 0 radical (unpaired) electrons. The number of rotatable bonds is 4. The lowest BCUT2D eigenvalue weighted by Gasteiger charge is -2.16. The second kappa shape index (κ2) is 5.21. The van der Waals surface area contributed by atoms with Gasteiger partial charge in [-0.2, -0.15) is 0 Å². The van der Waals surface area contributed by atoms with E-state index >= 15 is 0 Å². The van der Waals surface area contributed by atoms with E-state index in [0.717, 1.165) is 12.0 Å². The van der Waals surface area contributed by atoms with Crippen molar-refractivity contribution in [2.45, 2.75) is 40.2 Å². The maximum atomic E-state index is 11.8. The van der Waals surface area contributed by atoms with Crippen molar-refractivity contribution in [1.82, 2.24) is 4.98 Å². The van der Waals surface area contributed by atoms with E-state index in [1.807, 2.05) is 6.07 Å². The third-order valence-electron chi connectivity index (χ3n) is 2.45. The molecule has 3 nitrogen and oxygen atoms in total. The van der Waals surface area contributed by atoms with E-state index in [2.05, 4.69) is 25.8 Å². The Bertz CT molecular complexity index is 349. The summed E-state index contributed by atoms with van der Waals surface area (Å²) in [6.07, 6.45) is 3.11. The number of carbonyl (C=O) groups is 1. The summed E-state index contributed by atoms with van der Waals surface area (Å²) in [6.45, 7) is 6.85. The van der Waals surface area contributed by atoms with Crippen molar-refractivity contribution >= 4 is 5.78 Å². The predicted octanol–water partition coefficient (Wildman–Crippen LogP) is 2.55. The molecule has 16 heavy (non-hydrogen) atoms. The number of aromatic nitrogens is 1. The molecular formula is C13H20N2O. The van der Waals surface area contributed by atoms with Gasteiger partial charge in [0.2, 0.25) is 0 Å². The maximum Gasteiger partial charge on any atom is 0.181 e. The molecule has 0 aliphatic carbocycles. The highest BCUT2D eigenvalue weighted by Gasteiger charge is 2.14. The highest BCUT2D eigenvalue weighted by Crippen LogP contribution is 2.21. The quantitative estimate of drug-likeness (QED) is 0.793. The molecule has 0 amide bonds. The summed E-state index contributed by atoms with van der Waals surface area (Å²) in [6, 6.07) is 3.62. The number of nitrogens with two attached hydrogens (primary N) is 1. The van der Waals surface area contributed by atoms with E-state index in [-0.39, 0.29) is 11.2 Å². The minimum Gasteiger partial charge on any atom is -0.326 e. The molecule has 88 valence electrons. The second-order valence-electron chi connectivity index (χ2n) is 5.24. The summed E-state index contributed by atoms with van der Waals surface area (Å²) in [4.78, 5) is 15.9. The van der Waals surface area contributed by atoms with Crippen molar-refractivity contribution in [3.8, 4) is 0 Å². The Labute approximate surface area is 97.1 Å².